The third-order valence-electron chi connectivity index (χ3n) is 4.31. The molecule has 5 nitrogen and oxygen atoms in total. The zero-order valence-electron chi connectivity index (χ0n) is 11.4. The second-order valence-electron chi connectivity index (χ2n) is 5.74. The lowest BCUT2D eigenvalue weighted by Gasteiger charge is -2.20. The van der Waals surface area contributed by atoms with Gasteiger partial charge in [0, 0.05) is 4.47 Å². The highest BCUT2D eigenvalue weighted by Crippen LogP contribution is 2.46. The predicted octanol–water partition coefficient (Wildman–Crippen LogP) is 2.68. The first-order valence-corrected chi connectivity index (χ1v) is 7.60. The van der Waals surface area contributed by atoms with E-state index in [4.69, 9.17) is 0 Å². The molecule has 0 radical (unpaired) electrons. The second kappa shape index (κ2) is 4.94. The number of benzene rings is 1. The number of aromatic carboxylic acids is 1. The van der Waals surface area contributed by atoms with Crippen LogP contribution < -0.4 is 4.90 Å². The summed E-state index contributed by atoms with van der Waals surface area (Å²) in [6.07, 6.45) is 1.39. The molecule has 1 N–H and O–H groups in total. The van der Waals surface area contributed by atoms with Gasteiger partial charge in [-0.1, -0.05) is 13.0 Å². The molecule has 2 atom stereocenters. The maximum atomic E-state index is 12.6. The van der Waals surface area contributed by atoms with Crippen molar-refractivity contribution in [2.45, 2.75) is 19.8 Å². The number of imide groups is 1. The minimum absolute atomic E-state index is 0.0425. The van der Waals surface area contributed by atoms with E-state index in [0.29, 0.717) is 23.2 Å². The largest absolute Gasteiger partial charge is 0.478 e. The van der Waals surface area contributed by atoms with Gasteiger partial charge in [0.15, 0.2) is 0 Å². The van der Waals surface area contributed by atoms with Gasteiger partial charge in [-0.2, -0.15) is 0 Å². The number of carboxylic acid groups (broad SMARTS) is 1. The number of nitrogens with zero attached hydrogens (tertiary/aromatic N) is 1. The summed E-state index contributed by atoms with van der Waals surface area (Å²) in [6, 6.07) is 4.61. The normalized spacial score (nSPS) is 28.1. The summed E-state index contributed by atoms with van der Waals surface area (Å²) >= 11 is 3.26. The Morgan fingerprint density at radius 3 is 2.33 bits per heavy atom. The van der Waals surface area contributed by atoms with Crippen LogP contribution in [-0.2, 0) is 9.59 Å². The van der Waals surface area contributed by atoms with E-state index in [2.05, 4.69) is 15.9 Å². The minimum atomic E-state index is -1.16. The first-order valence-electron chi connectivity index (χ1n) is 6.81. The van der Waals surface area contributed by atoms with Crippen molar-refractivity contribution in [3.05, 3.63) is 28.2 Å². The number of amides is 2. The van der Waals surface area contributed by atoms with Gasteiger partial charge < -0.3 is 5.11 Å². The number of para-hydroxylation sites is 1. The highest BCUT2D eigenvalue weighted by molar-refractivity contribution is 9.10. The molecule has 1 aliphatic heterocycles. The Bertz CT molecular complexity index is 633. The molecule has 0 bridgehead atoms. The molecule has 21 heavy (non-hydrogen) atoms. The molecule has 1 aromatic rings. The highest BCUT2D eigenvalue weighted by Gasteiger charge is 2.53. The average Bonchev–Trinajstić information content (AvgIpc) is 2.90. The van der Waals surface area contributed by atoms with E-state index in [0.717, 1.165) is 4.90 Å². The summed E-state index contributed by atoms with van der Waals surface area (Å²) in [5, 5.41) is 9.30. The van der Waals surface area contributed by atoms with Gasteiger partial charge in [0.25, 0.3) is 0 Å². The maximum Gasteiger partial charge on any atom is 0.337 e. The van der Waals surface area contributed by atoms with Gasteiger partial charge in [-0.3, -0.25) is 9.59 Å². The molecule has 1 aliphatic carbocycles. The van der Waals surface area contributed by atoms with Crippen molar-refractivity contribution in [2.75, 3.05) is 4.90 Å². The lowest BCUT2D eigenvalue weighted by atomic mass is 10.00. The van der Waals surface area contributed by atoms with Gasteiger partial charge in [0.2, 0.25) is 11.8 Å². The fourth-order valence-corrected chi connectivity index (χ4v) is 3.96. The van der Waals surface area contributed by atoms with Crippen LogP contribution in [0.5, 0.6) is 0 Å². The Balaban J connectivity index is 2.09. The first-order chi connectivity index (χ1) is 9.91. The molecule has 6 heteroatoms. The monoisotopic (exact) mass is 351 g/mol. The molecule has 3 rings (SSSR count). The number of fused-ring (bicyclic) bond motifs is 1. The Labute approximate surface area is 130 Å². The summed E-state index contributed by atoms with van der Waals surface area (Å²) in [4.78, 5) is 37.6. The van der Waals surface area contributed by atoms with Crippen LogP contribution in [0.2, 0.25) is 0 Å². The summed E-state index contributed by atoms with van der Waals surface area (Å²) in [6.45, 7) is 2.03. The number of hydrogen-bond donors (Lipinski definition) is 1. The van der Waals surface area contributed by atoms with Crippen LogP contribution in [0.15, 0.2) is 22.7 Å². The first kappa shape index (κ1) is 14.3. The number of anilines is 1. The minimum Gasteiger partial charge on any atom is -0.478 e. The van der Waals surface area contributed by atoms with Crippen LogP contribution in [0.4, 0.5) is 5.69 Å². The van der Waals surface area contributed by atoms with Gasteiger partial charge in [0.05, 0.1) is 23.1 Å². The molecule has 1 saturated carbocycles. The highest BCUT2D eigenvalue weighted by atomic mass is 79.9. The number of halogens is 1. The van der Waals surface area contributed by atoms with Crippen LogP contribution in [0.1, 0.15) is 30.1 Å². The van der Waals surface area contributed by atoms with Crippen LogP contribution in [0, 0.1) is 17.8 Å². The summed E-state index contributed by atoms with van der Waals surface area (Å²) in [5.41, 5.74) is 0.112. The van der Waals surface area contributed by atoms with Crippen molar-refractivity contribution in [1.82, 2.24) is 0 Å². The zero-order chi connectivity index (χ0) is 15.3. The summed E-state index contributed by atoms with van der Waals surface area (Å²) in [7, 11) is 0. The van der Waals surface area contributed by atoms with E-state index in [1.165, 1.54) is 6.07 Å². The van der Waals surface area contributed by atoms with Crippen LogP contribution in [0.3, 0.4) is 0 Å². The zero-order valence-corrected chi connectivity index (χ0v) is 13.0. The number of rotatable bonds is 2. The SMILES string of the molecule is CC1CC2C(=O)N(c3c(Br)cccc3C(=O)O)C(=O)C2C1. The molecule has 1 aromatic carbocycles. The molecule has 2 unspecified atom stereocenters. The third kappa shape index (κ3) is 2.09. The fraction of sp³-hybridized carbons (Fsp3) is 0.400. The number of carboxylic acids is 1. The van der Waals surface area contributed by atoms with Crippen LogP contribution >= 0.6 is 15.9 Å². The molecule has 110 valence electrons. The van der Waals surface area contributed by atoms with Crippen molar-refractivity contribution in [3.8, 4) is 0 Å². The molecule has 2 fully saturated rings. The predicted molar refractivity (Wildman–Crippen MR) is 79.0 cm³/mol. The summed E-state index contributed by atoms with van der Waals surface area (Å²) < 4.78 is 0.442. The van der Waals surface area contributed by atoms with Crippen molar-refractivity contribution in [1.29, 1.82) is 0 Å². The average molecular weight is 352 g/mol. The maximum absolute atomic E-state index is 12.6. The van der Waals surface area contributed by atoms with E-state index in [-0.39, 0.29) is 34.9 Å². The molecule has 2 amide bonds. The van der Waals surface area contributed by atoms with Crippen molar-refractivity contribution in [3.63, 3.8) is 0 Å². The van der Waals surface area contributed by atoms with Gasteiger partial charge in [-0.05, 0) is 46.8 Å². The number of carbonyl (C=O) groups excluding carboxylic acids is 2. The van der Waals surface area contributed by atoms with Crippen molar-refractivity contribution < 1.29 is 19.5 Å². The van der Waals surface area contributed by atoms with E-state index < -0.39 is 5.97 Å². The van der Waals surface area contributed by atoms with Crippen LogP contribution in [-0.4, -0.2) is 22.9 Å². The van der Waals surface area contributed by atoms with E-state index >= 15 is 0 Å². The molecule has 2 aliphatic rings. The molecular weight excluding hydrogens is 338 g/mol. The van der Waals surface area contributed by atoms with Gasteiger partial charge in [-0.25, -0.2) is 9.69 Å². The lowest BCUT2D eigenvalue weighted by Crippen LogP contribution is -2.33. The Kier molecular flexibility index (Phi) is 3.36. The quantitative estimate of drug-likeness (QED) is 0.831. The van der Waals surface area contributed by atoms with Crippen LogP contribution in [0.25, 0.3) is 0 Å². The van der Waals surface area contributed by atoms with Crippen molar-refractivity contribution >= 4 is 39.4 Å². The Morgan fingerprint density at radius 2 is 1.81 bits per heavy atom. The molecular formula is C15H14BrNO4. The van der Waals surface area contributed by atoms with E-state index in [9.17, 15) is 19.5 Å². The third-order valence-corrected chi connectivity index (χ3v) is 4.95. The van der Waals surface area contributed by atoms with E-state index in [1.807, 2.05) is 6.92 Å². The smallest absolute Gasteiger partial charge is 0.337 e. The molecule has 1 saturated heterocycles. The Hall–Kier alpha value is -1.69. The molecule has 0 aromatic heterocycles. The topological polar surface area (TPSA) is 74.7 Å². The number of hydrogen-bond acceptors (Lipinski definition) is 3. The fourth-order valence-electron chi connectivity index (χ4n) is 3.41. The van der Waals surface area contributed by atoms with Gasteiger partial charge in [0.1, 0.15) is 0 Å². The van der Waals surface area contributed by atoms with Gasteiger partial charge in [-0.15, -0.1) is 0 Å². The number of carbonyl (C=O) groups is 3. The van der Waals surface area contributed by atoms with Crippen molar-refractivity contribution in [2.24, 2.45) is 17.8 Å². The van der Waals surface area contributed by atoms with E-state index in [1.54, 1.807) is 12.1 Å². The van der Waals surface area contributed by atoms with Gasteiger partial charge >= 0.3 is 5.97 Å². The molecule has 1 heterocycles. The summed E-state index contributed by atoms with van der Waals surface area (Å²) in [5.74, 6) is -1.96. The standard InChI is InChI=1S/C15H14BrNO4/c1-7-5-9-10(6-7)14(19)17(13(9)18)12-8(15(20)21)3-2-4-11(12)16/h2-4,7,9-10H,5-6H2,1H3,(H,20,21). The molecule has 0 spiro atoms. The lowest BCUT2D eigenvalue weighted by molar-refractivity contribution is -0.123. The second-order valence-corrected chi connectivity index (χ2v) is 6.60. The Morgan fingerprint density at radius 1 is 1.24 bits per heavy atom.